The smallest absolute Gasteiger partial charge is 0.245 e. The first-order chi connectivity index (χ1) is 9.24. The first kappa shape index (κ1) is 12.1. The van der Waals surface area contributed by atoms with E-state index in [1.807, 2.05) is 0 Å². The van der Waals surface area contributed by atoms with Crippen LogP contribution in [0.2, 0.25) is 0 Å². The molecule has 1 saturated heterocycles. The fraction of sp³-hybridized carbons (Fsp3) is 0.538. The number of nitrogens with one attached hydrogen (secondary N) is 1. The van der Waals surface area contributed by atoms with Crippen molar-refractivity contribution in [2.24, 2.45) is 5.92 Å². The lowest BCUT2D eigenvalue weighted by molar-refractivity contribution is -0.134. The molecule has 100 valence electrons. The van der Waals surface area contributed by atoms with Crippen LogP contribution in [0, 0.1) is 5.92 Å². The molecule has 2 aliphatic rings. The second kappa shape index (κ2) is 4.95. The summed E-state index contributed by atoms with van der Waals surface area (Å²) in [4.78, 5) is 33.8. The summed E-state index contributed by atoms with van der Waals surface area (Å²) in [6.07, 6.45) is 5.54. The van der Waals surface area contributed by atoms with Gasteiger partial charge >= 0.3 is 0 Å². The van der Waals surface area contributed by atoms with Crippen LogP contribution in [-0.4, -0.2) is 39.3 Å². The summed E-state index contributed by atoms with van der Waals surface area (Å²) in [5, 5.41) is 2.84. The molecule has 1 N–H and O–H groups in total. The van der Waals surface area contributed by atoms with Crippen LogP contribution in [0.3, 0.4) is 0 Å². The monoisotopic (exact) mass is 260 g/mol. The second-order valence-electron chi connectivity index (χ2n) is 5.09. The summed E-state index contributed by atoms with van der Waals surface area (Å²) in [6, 6.07) is 1.45. The number of rotatable bonds is 3. The minimum Gasteiger partial charge on any atom is -0.344 e. The van der Waals surface area contributed by atoms with Crippen molar-refractivity contribution in [3.05, 3.63) is 24.3 Å². The molecular formula is C13H16N4O2. The van der Waals surface area contributed by atoms with E-state index in [2.05, 4.69) is 15.3 Å². The zero-order chi connectivity index (χ0) is 13.2. The molecule has 0 aromatic carbocycles. The van der Waals surface area contributed by atoms with E-state index in [4.69, 9.17) is 0 Å². The predicted octanol–water partition coefficient (Wildman–Crippen LogP) is 0.104. The normalized spacial score (nSPS) is 24.0. The molecule has 2 heterocycles. The fourth-order valence-electron chi connectivity index (χ4n) is 2.36. The van der Waals surface area contributed by atoms with E-state index in [1.165, 1.54) is 6.33 Å². The SMILES string of the molecule is O=C1CCN(Cc2ccncn2)C(=O)C(C2CC2)N1. The lowest BCUT2D eigenvalue weighted by Crippen LogP contribution is -2.45. The highest BCUT2D eigenvalue weighted by molar-refractivity contribution is 5.90. The van der Waals surface area contributed by atoms with E-state index in [0.717, 1.165) is 18.5 Å². The van der Waals surface area contributed by atoms with Gasteiger partial charge in [-0.1, -0.05) is 0 Å². The van der Waals surface area contributed by atoms with Crippen LogP contribution >= 0.6 is 0 Å². The first-order valence-electron chi connectivity index (χ1n) is 6.57. The molecule has 1 aromatic heterocycles. The third-order valence-electron chi connectivity index (χ3n) is 3.59. The van der Waals surface area contributed by atoms with Crippen LogP contribution in [0.25, 0.3) is 0 Å². The molecule has 6 nitrogen and oxygen atoms in total. The lowest BCUT2D eigenvalue weighted by atomic mass is 10.1. The Labute approximate surface area is 111 Å². The number of carbonyl (C=O) groups is 2. The maximum absolute atomic E-state index is 12.4. The van der Waals surface area contributed by atoms with Gasteiger partial charge in [0.15, 0.2) is 0 Å². The molecule has 1 saturated carbocycles. The Kier molecular flexibility index (Phi) is 3.15. The second-order valence-corrected chi connectivity index (χ2v) is 5.09. The van der Waals surface area contributed by atoms with Crippen LogP contribution in [-0.2, 0) is 16.1 Å². The van der Waals surface area contributed by atoms with Crippen molar-refractivity contribution in [3.8, 4) is 0 Å². The molecule has 1 aliphatic heterocycles. The highest BCUT2D eigenvalue weighted by Gasteiger charge is 2.40. The summed E-state index contributed by atoms with van der Waals surface area (Å²) in [7, 11) is 0. The number of hydrogen-bond acceptors (Lipinski definition) is 4. The van der Waals surface area contributed by atoms with Crippen LogP contribution in [0.1, 0.15) is 25.0 Å². The summed E-state index contributed by atoms with van der Waals surface area (Å²) >= 11 is 0. The van der Waals surface area contributed by atoms with E-state index in [-0.39, 0.29) is 17.9 Å². The van der Waals surface area contributed by atoms with Crippen molar-refractivity contribution in [3.63, 3.8) is 0 Å². The molecule has 1 atom stereocenters. The Balaban J connectivity index is 1.75. The molecule has 2 amide bonds. The van der Waals surface area contributed by atoms with Crippen LogP contribution in [0.4, 0.5) is 0 Å². The molecule has 6 heteroatoms. The van der Waals surface area contributed by atoms with Crippen LogP contribution in [0.15, 0.2) is 18.6 Å². The largest absolute Gasteiger partial charge is 0.344 e. The Morgan fingerprint density at radius 1 is 1.37 bits per heavy atom. The molecule has 0 radical (unpaired) electrons. The average Bonchev–Trinajstić information content (AvgIpc) is 3.25. The van der Waals surface area contributed by atoms with Gasteiger partial charge < -0.3 is 10.2 Å². The van der Waals surface area contributed by atoms with Gasteiger partial charge in [-0.25, -0.2) is 9.97 Å². The molecule has 19 heavy (non-hydrogen) atoms. The average molecular weight is 260 g/mol. The standard InChI is InChI=1S/C13H16N4O2/c18-11-4-6-17(7-10-3-5-14-8-15-10)13(19)12(16-11)9-1-2-9/h3,5,8-9,12H,1-2,4,6-7H2,(H,16,18). The van der Waals surface area contributed by atoms with Gasteiger partial charge in [0.25, 0.3) is 0 Å². The molecule has 3 rings (SSSR count). The Morgan fingerprint density at radius 2 is 2.21 bits per heavy atom. The summed E-state index contributed by atoms with van der Waals surface area (Å²) < 4.78 is 0. The highest BCUT2D eigenvalue weighted by Crippen LogP contribution is 2.34. The summed E-state index contributed by atoms with van der Waals surface area (Å²) in [5.41, 5.74) is 0.798. The molecule has 1 aliphatic carbocycles. The topological polar surface area (TPSA) is 75.2 Å². The van der Waals surface area contributed by atoms with E-state index >= 15 is 0 Å². The Morgan fingerprint density at radius 3 is 2.89 bits per heavy atom. The van der Waals surface area contributed by atoms with Crippen molar-refractivity contribution in [1.82, 2.24) is 20.2 Å². The van der Waals surface area contributed by atoms with Crippen LogP contribution < -0.4 is 5.32 Å². The van der Waals surface area contributed by atoms with Gasteiger partial charge in [0.1, 0.15) is 12.4 Å². The fourth-order valence-corrected chi connectivity index (χ4v) is 2.36. The van der Waals surface area contributed by atoms with Gasteiger partial charge in [0, 0.05) is 19.2 Å². The molecule has 0 spiro atoms. The van der Waals surface area contributed by atoms with Gasteiger partial charge in [-0.15, -0.1) is 0 Å². The minimum atomic E-state index is -0.336. The first-order valence-corrected chi connectivity index (χ1v) is 6.57. The van der Waals surface area contributed by atoms with Crippen molar-refractivity contribution in [2.75, 3.05) is 6.54 Å². The van der Waals surface area contributed by atoms with Crippen LogP contribution in [0.5, 0.6) is 0 Å². The van der Waals surface area contributed by atoms with Gasteiger partial charge in [-0.05, 0) is 24.8 Å². The highest BCUT2D eigenvalue weighted by atomic mass is 16.2. The number of carbonyl (C=O) groups excluding carboxylic acids is 2. The lowest BCUT2D eigenvalue weighted by Gasteiger charge is -2.23. The number of hydrogen-bond donors (Lipinski definition) is 1. The maximum atomic E-state index is 12.4. The zero-order valence-corrected chi connectivity index (χ0v) is 10.6. The van der Waals surface area contributed by atoms with Crippen molar-refractivity contribution in [2.45, 2.75) is 31.8 Å². The number of aromatic nitrogens is 2. The summed E-state index contributed by atoms with van der Waals surface area (Å²) in [6.45, 7) is 0.900. The molecule has 2 fully saturated rings. The zero-order valence-electron chi connectivity index (χ0n) is 10.6. The van der Waals surface area contributed by atoms with E-state index < -0.39 is 0 Å². The Bertz CT molecular complexity index is 487. The third-order valence-corrected chi connectivity index (χ3v) is 3.59. The quantitative estimate of drug-likeness (QED) is 0.836. The van der Waals surface area contributed by atoms with E-state index in [1.54, 1.807) is 17.2 Å². The van der Waals surface area contributed by atoms with E-state index in [9.17, 15) is 9.59 Å². The maximum Gasteiger partial charge on any atom is 0.245 e. The molecule has 1 unspecified atom stereocenters. The molecule has 0 bridgehead atoms. The number of nitrogens with zero attached hydrogens (tertiary/aromatic N) is 3. The van der Waals surface area contributed by atoms with Gasteiger partial charge in [-0.3, -0.25) is 9.59 Å². The summed E-state index contributed by atoms with van der Waals surface area (Å²) in [5.74, 6) is 0.310. The van der Waals surface area contributed by atoms with Gasteiger partial charge in [0.05, 0.1) is 12.2 Å². The van der Waals surface area contributed by atoms with E-state index in [0.29, 0.717) is 25.4 Å². The van der Waals surface area contributed by atoms with Crippen molar-refractivity contribution >= 4 is 11.8 Å². The van der Waals surface area contributed by atoms with Crippen molar-refractivity contribution < 1.29 is 9.59 Å². The predicted molar refractivity (Wildman–Crippen MR) is 66.7 cm³/mol. The van der Waals surface area contributed by atoms with Gasteiger partial charge in [-0.2, -0.15) is 0 Å². The Hall–Kier alpha value is -1.98. The number of amides is 2. The molecular weight excluding hydrogens is 244 g/mol. The minimum absolute atomic E-state index is 0.0203. The third kappa shape index (κ3) is 2.72. The van der Waals surface area contributed by atoms with Gasteiger partial charge in [0.2, 0.25) is 11.8 Å². The van der Waals surface area contributed by atoms with Crippen molar-refractivity contribution in [1.29, 1.82) is 0 Å². The molecule has 1 aromatic rings.